The zero-order valence-electron chi connectivity index (χ0n) is 12.0. The van der Waals surface area contributed by atoms with Crippen molar-refractivity contribution in [2.45, 2.75) is 19.6 Å². The first-order valence-electron chi connectivity index (χ1n) is 7.11. The van der Waals surface area contributed by atoms with Crippen LogP contribution in [0, 0.1) is 0 Å². The molecule has 0 radical (unpaired) electrons. The molecular formula is C15H18N4O2. The molecule has 0 unspecified atom stereocenters. The Morgan fingerprint density at radius 2 is 2.38 bits per heavy atom. The Morgan fingerprint density at radius 1 is 1.48 bits per heavy atom. The third-order valence-corrected chi connectivity index (χ3v) is 3.61. The van der Waals surface area contributed by atoms with E-state index >= 15 is 0 Å². The van der Waals surface area contributed by atoms with Gasteiger partial charge in [0.2, 0.25) is 0 Å². The van der Waals surface area contributed by atoms with Crippen LogP contribution in [-0.2, 0) is 11.3 Å². The average molecular weight is 286 g/mol. The molecule has 21 heavy (non-hydrogen) atoms. The monoisotopic (exact) mass is 286 g/mol. The lowest BCUT2D eigenvalue weighted by Crippen LogP contribution is -2.42. The summed E-state index contributed by atoms with van der Waals surface area (Å²) >= 11 is 0. The van der Waals surface area contributed by atoms with E-state index < -0.39 is 0 Å². The van der Waals surface area contributed by atoms with Crippen molar-refractivity contribution in [2.24, 2.45) is 0 Å². The van der Waals surface area contributed by atoms with Gasteiger partial charge in [0, 0.05) is 37.2 Å². The van der Waals surface area contributed by atoms with Crippen LogP contribution >= 0.6 is 0 Å². The third-order valence-electron chi connectivity index (χ3n) is 3.61. The first kappa shape index (κ1) is 13.8. The summed E-state index contributed by atoms with van der Waals surface area (Å²) in [5, 5.41) is 4.26. The van der Waals surface area contributed by atoms with Crippen molar-refractivity contribution < 1.29 is 9.53 Å². The van der Waals surface area contributed by atoms with Crippen LogP contribution in [0.2, 0.25) is 0 Å². The molecule has 1 aliphatic rings. The zero-order valence-corrected chi connectivity index (χ0v) is 12.0. The first-order valence-corrected chi connectivity index (χ1v) is 7.11. The molecule has 6 nitrogen and oxygen atoms in total. The van der Waals surface area contributed by atoms with Gasteiger partial charge in [-0.15, -0.1) is 0 Å². The second-order valence-electron chi connectivity index (χ2n) is 4.98. The van der Waals surface area contributed by atoms with Crippen molar-refractivity contribution in [2.75, 3.05) is 19.7 Å². The number of amides is 1. The van der Waals surface area contributed by atoms with Crippen molar-refractivity contribution in [3.8, 4) is 0 Å². The molecule has 0 spiro atoms. The van der Waals surface area contributed by atoms with Crippen molar-refractivity contribution in [3.63, 3.8) is 0 Å². The number of hydrogen-bond acceptors (Lipinski definition) is 4. The number of hydrogen-bond donors (Lipinski definition) is 0. The topological polar surface area (TPSA) is 60.2 Å². The van der Waals surface area contributed by atoms with Gasteiger partial charge in [-0.25, -0.2) is 0 Å². The van der Waals surface area contributed by atoms with E-state index in [4.69, 9.17) is 4.74 Å². The smallest absolute Gasteiger partial charge is 0.255 e. The molecule has 3 rings (SSSR count). The summed E-state index contributed by atoms with van der Waals surface area (Å²) in [7, 11) is 0. The predicted octanol–water partition coefficient (Wildman–Crippen LogP) is 1.51. The first-order chi connectivity index (χ1) is 10.3. The predicted molar refractivity (Wildman–Crippen MR) is 76.7 cm³/mol. The summed E-state index contributed by atoms with van der Waals surface area (Å²) in [5.41, 5.74) is 1.63. The highest BCUT2D eigenvalue weighted by atomic mass is 16.5. The minimum atomic E-state index is -0.111. The van der Waals surface area contributed by atoms with Crippen molar-refractivity contribution >= 4 is 5.91 Å². The van der Waals surface area contributed by atoms with E-state index in [0.29, 0.717) is 25.3 Å². The molecule has 0 bridgehead atoms. The lowest BCUT2D eigenvalue weighted by molar-refractivity contribution is -0.0228. The number of carbonyl (C=O) groups is 1. The molecule has 1 aliphatic heterocycles. The van der Waals surface area contributed by atoms with Gasteiger partial charge >= 0.3 is 0 Å². The number of aryl methyl sites for hydroxylation is 1. The fourth-order valence-electron chi connectivity index (χ4n) is 2.43. The van der Waals surface area contributed by atoms with Gasteiger partial charge in [0.25, 0.3) is 5.91 Å². The van der Waals surface area contributed by atoms with Crippen LogP contribution < -0.4 is 0 Å². The van der Waals surface area contributed by atoms with Gasteiger partial charge in [0.05, 0.1) is 24.9 Å². The highest BCUT2D eigenvalue weighted by molar-refractivity contribution is 5.93. The Hall–Kier alpha value is -2.21. The summed E-state index contributed by atoms with van der Waals surface area (Å²) < 4.78 is 7.64. The fraction of sp³-hybridized carbons (Fsp3) is 0.400. The molecule has 6 heteroatoms. The Kier molecular flexibility index (Phi) is 3.96. The van der Waals surface area contributed by atoms with Crippen LogP contribution in [0.15, 0.2) is 36.9 Å². The van der Waals surface area contributed by atoms with E-state index in [1.807, 2.05) is 28.9 Å². The van der Waals surface area contributed by atoms with E-state index in [1.54, 1.807) is 24.5 Å². The molecule has 0 aliphatic carbocycles. The van der Waals surface area contributed by atoms with Crippen LogP contribution in [0.5, 0.6) is 0 Å². The highest BCUT2D eigenvalue weighted by Gasteiger charge is 2.26. The molecule has 3 heterocycles. The molecular weight excluding hydrogens is 268 g/mol. The molecule has 2 aromatic rings. The summed E-state index contributed by atoms with van der Waals surface area (Å²) in [4.78, 5) is 18.3. The van der Waals surface area contributed by atoms with Crippen molar-refractivity contribution in [3.05, 3.63) is 48.0 Å². The second kappa shape index (κ2) is 6.05. The molecule has 2 aromatic heterocycles. The van der Waals surface area contributed by atoms with Crippen molar-refractivity contribution in [1.29, 1.82) is 0 Å². The molecule has 1 saturated heterocycles. The maximum atomic E-state index is 12.4. The van der Waals surface area contributed by atoms with E-state index in [0.717, 1.165) is 12.1 Å². The largest absolute Gasteiger partial charge is 0.370 e. The maximum absolute atomic E-state index is 12.4. The van der Waals surface area contributed by atoms with Crippen LogP contribution in [-0.4, -0.2) is 45.3 Å². The molecule has 0 saturated carbocycles. The molecule has 1 fully saturated rings. The standard InChI is InChI=1S/C15H18N4O2/c1-2-19-10-13(9-17-19)14-11-18(6-7-21-14)15(20)12-4-3-5-16-8-12/h3-5,8-10,14H,2,6-7,11H2,1H3/t14-/m1/s1. The van der Waals surface area contributed by atoms with Crippen LogP contribution in [0.25, 0.3) is 0 Å². The Bertz CT molecular complexity index is 611. The van der Waals surface area contributed by atoms with Crippen LogP contribution in [0.1, 0.15) is 28.9 Å². The number of aromatic nitrogens is 3. The van der Waals surface area contributed by atoms with Gasteiger partial charge in [0.15, 0.2) is 0 Å². The number of ether oxygens (including phenoxy) is 1. The van der Waals surface area contributed by atoms with Gasteiger partial charge in [0.1, 0.15) is 6.10 Å². The Morgan fingerprint density at radius 3 is 3.10 bits per heavy atom. The van der Waals surface area contributed by atoms with Gasteiger partial charge in [-0.2, -0.15) is 5.10 Å². The van der Waals surface area contributed by atoms with Crippen LogP contribution in [0.3, 0.4) is 0 Å². The summed E-state index contributed by atoms with van der Waals surface area (Å²) in [6, 6.07) is 3.56. The SMILES string of the molecule is CCn1cc([C@H]2CN(C(=O)c3cccnc3)CCO2)cn1. The summed E-state index contributed by atoms with van der Waals surface area (Å²) in [5.74, 6) is -0.000664. The molecule has 0 N–H and O–H groups in total. The lowest BCUT2D eigenvalue weighted by atomic mass is 10.1. The average Bonchev–Trinajstić information content (AvgIpc) is 3.04. The number of nitrogens with zero attached hydrogens (tertiary/aromatic N) is 4. The summed E-state index contributed by atoms with van der Waals surface area (Å²) in [6.45, 7) is 4.55. The highest BCUT2D eigenvalue weighted by Crippen LogP contribution is 2.22. The van der Waals surface area contributed by atoms with E-state index in [1.165, 1.54) is 0 Å². The Balaban J connectivity index is 1.72. The van der Waals surface area contributed by atoms with E-state index in [9.17, 15) is 4.79 Å². The maximum Gasteiger partial charge on any atom is 0.255 e. The normalized spacial score (nSPS) is 18.7. The van der Waals surface area contributed by atoms with Gasteiger partial charge < -0.3 is 9.64 Å². The number of rotatable bonds is 3. The number of carbonyl (C=O) groups excluding carboxylic acids is 1. The number of pyridine rings is 1. The fourth-order valence-corrected chi connectivity index (χ4v) is 2.43. The minimum absolute atomic E-state index is 0.000664. The molecule has 1 amide bonds. The zero-order chi connectivity index (χ0) is 14.7. The molecule has 110 valence electrons. The Labute approximate surface area is 123 Å². The van der Waals surface area contributed by atoms with E-state index in [-0.39, 0.29) is 12.0 Å². The second-order valence-corrected chi connectivity index (χ2v) is 4.98. The minimum Gasteiger partial charge on any atom is -0.370 e. The summed E-state index contributed by atoms with van der Waals surface area (Å²) in [6.07, 6.45) is 6.94. The van der Waals surface area contributed by atoms with Crippen molar-refractivity contribution in [1.82, 2.24) is 19.7 Å². The van der Waals surface area contributed by atoms with E-state index in [2.05, 4.69) is 10.1 Å². The van der Waals surface area contributed by atoms with Gasteiger partial charge in [-0.1, -0.05) is 0 Å². The van der Waals surface area contributed by atoms with Crippen LogP contribution in [0.4, 0.5) is 0 Å². The third kappa shape index (κ3) is 2.95. The van der Waals surface area contributed by atoms with Gasteiger partial charge in [-0.3, -0.25) is 14.5 Å². The number of morpholine rings is 1. The lowest BCUT2D eigenvalue weighted by Gasteiger charge is -2.32. The quantitative estimate of drug-likeness (QED) is 0.858. The molecule has 1 atom stereocenters. The van der Waals surface area contributed by atoms with Gasteiger partial charge in [-0.05, 0) is 19.1 Å². The molecule has 0 aromatic carbocycles.